The van der Waals surface area contributed by atoms with Gasteiger partial charge in [0.15, 0.2) is 5.96 Å². The van der Waals surface area contributed by atoms with Gasteiger partial charge in [-0.3, -0.25) is 4.99 Å². The first kappa shape index (κ1) is 23.6. The van der Waals surface area contributed by atoms with Crippen molar-refractivity contribution in [3.8, 4) is 0 Å². The van der Waals surface area contributed by atoms with Gasteiger partial charge in [-0.25, -0.2) is 0 Å². The molecular formula is C22H35IN6. The van der Waals surface area contributed by atoms with Crippen molar-refractivity contribution < 1.29 is 0 Å². The maximum absolute atomic E-state index is 4.85. The van der Waals surface area contributed by atoms with E-state index in [0.29, 0.717) is 6.04 Å². The number of hydrogen-bond acceptors (Lipinski definition) is 3. The molecule has 7 heteroatoms. The number of hydrogen-bond donors (Lipinski definition) is 2. The van der Waals surface area contributed by atoms with E-state index in [2.05, 4.69) is 69.6 Å². The summed E-state index contributed by atoms with van der Waals surface area (Å²) in [5, 5.41) is 15.4. The van der Waals surface area contributed by atoms with Crippen LogP contribution in [0.2, 0.25) is 0 Å². The van der Waals surface area contributed by atoms with Crippen LogP contribution in [0.15, 0.2) is 41.7 Å². The number of benzene rings is 1. The zero-order chi connectivity index (χ0) is 19.6. The molecule has 0 saturated heterocycles. The van der Waals surface area contributed by atoms with Crippen LogP contribution in [-0.2, 0) is 19.4 Å². The van der Waals surface area contributed by atoms with Crippen LogP contribution in [0, 0.1) is 5.92 Å². The number of nitrogens with zero attached hydrogens (tertiary/aromatic N) is 4. The molecule has 3 rings (SSSR count). The van der Waals surface area contributed by atoms with Gasteiger partial charge in [-0.1, -0.05) is 44.2 Å². The van der Waals surface area contributed by atoms with E-state index in [1.165, 1.54) is 31.2 Å². The van der Waals surface area contributed by atoms with Crippen molar-refractivity contribution in [2.75, 3.05) is 13.1 Å². The van der Waals surface area contributed by atoms with Crippen LogP contribution in [0.3, 0.4) is 0 Å². The Balaban J connectivity index is 0.00000300. The van der Waals surface area contributed by atoms with Gasteiger partial charge in [-0.2, -0.15) is 0 Å². The molecule has 0 radical (unpaired) electrons. The molecule has 1 saturated carbocycles. The summed E-state index contributed by atoms with van der Waals surface area (Å²) in [4.78, 5) is 4.85. The quantitative estimate of drug-likeness (QED) is 0.322. The molecule has 160 valence electrons. The van der Waals surface area contributed by atoms with Gasteiger partial charge in [0, 0.05) is 32.1 Å². The van der Waals surface area contributed by atoms with Crippen molar-refractivity contribution in [2.45, 2.75) is 65.0 Å². The first-order chi connectivity index (χ1) is 13.7. The van der Waals surface area contributed by atoms with E-state index in [1.54, 1.807) is 0 Å². The average Bonchev–Trinajstić information content (AvgIpc) is 3.18. The highest BCUT2D eigenvalue weighted by Gasteiger charge is 2.19. The Kier molecular flexibility index (Phi) is 10.5. The summed E-state index contributed by atoms with van der Waals surface area (Å²) >= 11 is 0. The fourth-order valence-electron chi connectivity index (χ4n) is 3.73. The Bertz CT molecular complexity index is 722. The van der Waals surface area contributed by atoms with Gasteiger partial charge >= 0.3 is 0 Å². The molecule has 0 bridgehead atoms. The van der Waals surface area contributed by atoms with E-state index in [-0.39, 0.29) is 24.0 Å². The van der Waals surface area contributed by atoms with Crippen molar-refractivity contribution in [2.24, 2.45) is 10.9 Å². The third kappa shape index (κ3) is 7.95. The molecular weight excluding hydrogens is 475 g/mol. The molecule has 1 fully saturated rings. The molecule has 1 aliphatic rings. The molecule has 6 nitrogen and oxygen atoms in total. The second-order valence-electron chi connectivity index (χ2n) is 7.79. The summed E-state index contributed by atoms with van der Waals surface area (Å²) in [7, 11) is 0. The molecule has 0 spiro atoms. The predicted octanol–water partition coefficient (Wildman–Crippen LogP) is 3.82. The number of aryl methyl sites for hydroxylation is 1. The lowest BCUT2D eigenvalue weighted by Crippen LogP contribution is -2.45. The minimum atomic E-state index is 0. The Hall–Kier alpha value is -1.64. The van der Waals surface area contributed by atoms with Crippen LogP contribution < -0.4 is 10.6 Å². The molecule has 0 aliphatic heterocycles. The summed E-state index contributed by atoms with van der Waals surface area (Å²) in [5.41, 5.74) is 1.33. The van der Waals surface area contributed by atoms with Gasteiger partial charge in [0.1, 0.15) is 12.2 Å². The molecule has 2 aromatic rings. The normalized spacial score (nSPS) is 19.4. The van der Waals surface area contributed by atoms with E-state index in [9.17, 15) is 0 Å². The number of nitrogens with one attached hydrogen (secondary N) is 2. The lowest BCUT2D eigenvalue weighted by Gasteiger charge is -2.28. The largest absolute Gasteiger partial charge is 0.355 e. The van der Waals surface area contributed by atoms with Crippen LogP contribution in [0.5, 0.6) is 0 Å². The number of rotatable bonds is 8. The average molecular weight is 510 g/mol. The monoisotopic (exact) mass is 510 g/mol. The second-order valence-corrected chi connectivity index (χ2v) is 7.79. The standard InChI is InChI=1S/C22H34N6.HI/c1-3-21-27-25-17-28(21)16-15-24-22(26-20-11-9-18(2)10-12-20)23-14-13-19-7-5-4-6-8-19;/h4-8,17-18,20H,3,9-16H2,1-2H3,(H2,23,24,26);1H. The van der Waals surface area contributed by atoms with Crippen molar-refractivity contribution >= 4 is 29.9 Å². The van der Waals surface area contributed by atoms with Crippen molar-refractivity contribution in [3.05, 3.63) is 48.0 Å². The van der Waals surface area contributed by atoms with Crippen LogP contribution in [0.25, 0.3) is 0 Å². The second kappa shape index (κ2) is 12.8. The summed E-state index contributed by atoms with van der Waals surface area (Å²) in [6.07, 6.45) is 8.73. The SMILES string of the molecule is CCc1nncn1CCNC(=NCCc1ccccc1)NC1CCC(C)CC1.I. The van der Waals surface area contributed by atoms with E-state index in [4.69, 9.17) is 4.99 Å². The molecule has 1 aromatic carbocycles. The van der Waals surface area contributed by atoms with Gasteiger partial charge in [0.25, 0.3) is 0 Å². The lowest BCUT2D eigenvalue weighted by molar-refractivity contribution is 0.329. The van der Waals surface area contributed by atoms with Gasteiger partial charge in [0.05, 0.1) is 0 Å². The Morgan fingerprint density at radius 2 is 1.93 bits per heavy atom. The van der Waals surface area contributed by atoms with Crippen molar-refractivity contribution in [3.63, 3.8) is 0 Å². The third-order valence-electron chi connectivity index (χ3n) is 5.53. The van der Waals surface area contributed by atoms with E-state index in [0.717, 1.165) is 50.2 Å². The molecule has 29 heavy (non-hydrogen) atoms. The molecule has 1 aromatic heterocycles. The van der Waals surface area contributed by atoms with Crippen LogP contribution >= 0.6 is 24.0 Å². The molecule has 0 amide bonds. The van der Waals surface area contributed by atoms with Crippen LogP contribution in [0.4, 0.5) is 0 Å². The highest BCUT2D eigenvalue weighted by Crippen LogP contribution is 2.23. The Morgan fingerprint density at radius 3 is 2.66 bits per heavy atom. The highest BCUT2D eigenvalue weighted by atomic mass is 127. The summed E-state index contributed by atoms with van der Waals surface area (Å²) < 4.78 is 2.11. The first-order valence-corrected chi connectivity index (χ1v) is 10.7. The number of halogens is 1. The van der Waals surface area contributed by atoms with Crippen LogP contribution in [0.1, 0.15) is 50.9 Å². The highest BCUT2D eigenvalue weighted by molar-refractivity contribution is 14.0. The molecule has 1 aliphatic carbocycles. The van der Waals surface area contributed by atoms with Gasteiger partial charge in [0.2, 0.25) is 0 Å². The fourth-order valence-corrected chi connectivity index (χ4v) is 3.73. The fraction of sp³-hybridized carbons (Fsp3) is 0.591. The van der Waals surface area contributed by atoms with E-state index < -0.39 is 0 Å². The van der Waals surface area contributed by atoms with Crippen LogP contribution in [-0.4, -0.2) is 39.9 Å². The zero-order valence-corrected chi connectivity index (χ0v) is 20.0. The van der Waals surface area contributed by atoms with E-state index in [1.807, 2.05) is 6.33 Å². The number of aromatic nitrogens is 3. The van der Waals surface area contributed by atoms with Gasteiger partial charge in [-0.05, 0) is 43.6 Å². The van der Waals surface area contributed by atoms with Crippen molar-refractivity contribution in [1.82, 2.24) is 25.4 Å². The molecule has 0 unspecified atom stereocenters. The molecule has 2 N–H and O–H groups in total. The maximum atomic E-state index is 4.85. The predicted molar refractivity (Wildman–Crippen MR) is 130 cm³/mol. The van der Waals surface area contributed by atoms with Gasteiger partial charge < -0.3 is 15.2 Å². The smallest absolute Gasteiger partial charge is 0.191 e. The van der Waals surface area contributed by atoms with E-state index >= 15 is 0 Å². The Morgan fingerprint density at radius 1 is 1.17 bits per heavy atom. The summed E-state index contributed by atoms with van der Waals surface area (Å²) in [6, 6.07) is 11.1. The maximum Gasteiger partial charge on any atom is 0.191 e. The lowest BCUT2D eigenvalue weighted by atomic mass is 9.87. The molecule has 0 atom stereocenters. The third-order valence-corrected chi connectivity index (χ3v) is 5.53. The zero-order valence-electron chi connectivity index (χ0n) is 17.7. The minimum Gasteiger partial charge on any atom is -0.355 e. The van der Waals surface area contributed by atoms with Crippen molar-refractivity contribution in [1.29, 1.82) is 0 Å². The number of aliphatic imine (C=N–C) groups is 1. The van der Waals surface area contributed by atoms with Gasteiger partial charge in [-0.15, -0.1) is 34.2 Å². The Labute approximate surface area is 192 Å². The summed E-state index contributed by atoms with van der Waals surface area (Å²) in [5.74, 6) is 2.81. The summed E-state index contributed by atoms with van der Waals surface area (Å²) in [6.45, 7) is 6.90. The molecule has 1 heterocycles. The topological polar surface area (TPSA) is 67.1 Å². The minimum absolute atomic E-state index is 0. The first-order valence-electron chi connectivity index (χ1n) is 10.7. The number of guanidine groups is 1.